The standard InChI is InChI=1S/C26H28N2O2/c1-2-27-26(30)25(23-16-10-5-11-17-23)28(20-22-14-8-4-9-15-22)24(29)19-18-21-12-6-3-7-13-21/h3-17,25H,2,18-20H2,1H3,(H,27,30)/t25-/m1/s1. The van der Waals surface area contributed by atoms with Crippen LogP contribution in [0.4, 0.5) is 0 Å². The smallest absolute Gasteiger partial charge is 0.247 e. The minimum absolute atomic E-state index is 0.0391. The Morgan fingerprint density at radius 2 is 1.33 bits per heavy atom. The molecule has 4 nitrogen and oxygen atoms in total. The molecule has 0 saturated heterocycles. The number of nitrogens with one attached hydrogen (secondary N) is 1. The lowest BCUT2D eigenvalue weighted by atomic mass is 10.0. The number of carbonyl (C=O) groups is 2. The van der Waals surface area contributed by atoms with Crippen LogP contribution < -0.4 is 5.32 Å². The summed E-state index contributed by atoms with van der Waals surface area (Å²) in [4.78, 5) is 28.1. The van der Waals surface area contributed by atoms with Crippen LogP contribution in [-0.4, -0.2) is 23.3 Å². The second-order valence-corrected chi connectivity index (χ2v) is 7.20. The largest absolute Gasteiger partial charge is 0.354 e. The van der Waals surface area contributed by atoms with Gasteiger partial charge in [0.15, 0.2) is 0 Å². The first kappa shape index (κ1) is 21.3. The number of nitrogens with zero attached hydrogens (tertiary/aromatic N) is 1. The van der Waals surface area contributed by atoms with Crippen molar-refractivity contribution in [1.82, 2.24) is 10.2 Å². The van der Waals surface area contributed by atoms with Gasteiger partial charge in [-0.3, -0.25) is 9.59 Å². The summed E-state index contributed by atoms with van der Waals surface area (Å²) in [5.74, 6) is -0.199. The zero-order chi connectivity index (χ0) is 21.2. The lowest BCUT2D eigenvalue weighted by Crippen LogP contribution is -2.43. The second-order valence-electron chi connectivity index (χ2n) is 7.20. The Hall–Kier alpha value is -3.40. The average molecular weight is 401 g/mol. The molecule has 0 saturated carbocycles. The van der Waals surface area contributed by atoms with Gasteiger partial charge in [0.2, 0.25) is 11.8 Å². The van der Waals surface area contributed by atoms with Crippen LogP contribution in [0.1, 0.15) is 36.1 Å². The molecule has 0 heterocycles. The van der Waals surface area contributed by atoms with E-state index in [1.807, 2.05) is 97.9 Å². The Bertz CT molecular complexity index is 927. The van der Waals surface area contributed by atoms with Crippen molar-refractivity contribution in [2.45, 2.75) is 32.4 Å². The fraction of sp³-hybridized carbons (Fsp3) is 0.231. The van der Waals surface area contributed by atoms with Crippen LogP contribution in [0.15, 0.2) is 91.0 Å². The summed E-state index contributed by atoms with van der Waals surface area (Å²) in [6, 6.07) is 28.6. The molecule has 2 amide bonds. The summed E-state index contributed by atoms with van der Waals surface area (Å²) >= 11 is 0. The molecule has 0 aliphatic carbocycles. The molecule has 0 bridgehead atoms. The van der Waals surface area contributed by atoms with Gasteiger partial charge in [-0.25, -0.2) is 0 Å². The van der Waals surface area contributed by atoms with Crippen molar-refractivity contribution in [3.63, 3.8) is 0 Å². The van der Waals surface area contributed by atoms with Crippen molar-refractivity contribution < 1.29 is 9.59 Å². The fourth-order valence-corrected chi connectivity index (χ4v) is 3.52. The molecule has 4 heteroatoms. The summed E-state index contributed by atoms with van der Waals surface area (Å²) in [6.45, 7) is 2.78. The SMILES string of the molecule is CCNC(=O)[C@@H](c1ccccc1)N(Cc1ccccc1)C(=O)CCc1ccccc1. The van der Waals surface area contributed by atoms with E-state index in [1.54, 1.807) is 4.90 Å². The van der Waals surface area contributed by atoms with E-state index in [0.717, 1.165) is 16.7 Å². The Kier molecular flexibility index (Phi) is 7.78. The van der Waals surface area contributed by atoms with Crippen molar-refractivity contribution in [3.8, 4) is 0 Å². The van der Waals surface area contributed by atoms with Crippen LogP contribution >= 0.6 is 0 Å². The molecule has 154 valence electrons. The van der Waals surface area contributed by atoms with E-state index in [4.69, 9.17) is 0 Å². The Labute approximate surface area is 178 Å². The zero-order valence-corrected chi connectivity index (χ0v) is 17.3. The molecule has 0 aromatic heterocycles. The molecule has 3 rings (SSSR count). The quantitative estimate of drug-likeness (QED) is 0.574. The first-order valence-electron chi connectivity index (χ1n) is 10.4. The highest BCUT2D eigenvalue weighted by atomic mass is 16.2. The van der Waals surface area contributed by atoms with E-state index in [-0.39, 0.29) is 11.8 Å². The molecule has 0 spiro atoms. The lowest BCUT2D eigenvalue weighted by Gasteiger charge is -2.31. The van der Waals surface area contributed by atoms with Crippen molar-refractivity contribution >= 4 is 11.8 Å². The molecule has 0 fully saturated rings. The van der Waals surface area contributed by atoms with Crippen LogP contribution in [0.5, 0.6) is 0 Å². The van der Waals surface area contributed by atoms with Gasteiger partial charge in [-0.15, -0.1) is 0 Å². The molecular formula is C26H28N2O2. The molecular weight excluding hydrogens is 372 g/mol. The number of amides is 2. The Balaban J connectivity index is 1.90. The maximum absolute atomic E-state index is 13.4. The van der Waals surface area contributed by atoms with Gasteiger partial charge >= 0.3 is 0 Å². The van der Waals surface area contributed by atoms with E-state index < -0.39 is 6.04 Å². The number of likely N-dealkylation sites (N-methyl/N-ethyl adjacent to an activating group) is 1. The van der Waals surface area contributed by atoms with Gasteiger partial charge in [0.05, 0.1) is 0 Å². The molecule has 0 radical (unpaired) electrons. The van der Waals surface area contributed by atoms with Gasteiger partial charge < -0.3 is 10.2 Å². The maximum atomic E-state index is 13.4. The van der Waals surface area contributed by atoms with Crippen LogP contribution in [0.3, 0.4) is 0 Å². The number of carbonyl (C=O) groups excluding carboxylic acids is 2. The number of rotatable bonds is 9. The van der Waals surface area contributed by atoms with E-state index in [9.17, 15) is 9.59 Å². The molecule has 0 aliphatic rings. The highest BCUT2D eigenvalue weighted by molar-refractivity contribution is 5.88. The predicted molar refractivity (Wildman–Crippen MR) is 120 cm³/mol. The van der Waals surface area contributed by atoms with Gasteiger partial charge in [-0.2, -0.15) is 0 Å². The summed E-state index contributed by atoms with van der Waals surface area (Å²) in [5, 5.41) is 2.91. The van der Waals surface area contributed by atoms with Crippen LogP contribution in [0, 0.1) is 0 Å². The second kappa shape index (κ2) is 11.0. The Morgan fingerprint density at radius 1 is 0.800 bits per heavy atom. The zero-order valence-electron chi connectivity index (χ0n) is 17.3. The summed E-state index contributed by atoms with van der Waals surface area (Å²) in [6.07, 6.45) is 0.988. The number of benzene rings is 3. The normalized spacial score (nSPS) is 11.5. The van der Waals surface area contributed by atoms with Crippen molar-refractivity contribution in [1.29, 1.82) is 0 Å². The van der Waals surface area contributed by atoms with Gasteiger partial charge in [-0.1, -0.05) is 91.0 Å². The van der Waals surface area contributed by atoms with Crippen molar-refractivity contribution in [2.24, 2.45) is 0 Å². The number of hydrogen-bond acceptors (Lipinski definition) is 2. The average Bonchev–Trinajstić information content (AvgIpc) is 2.79. The molecule has 0 aliphatic heterocycles. The van der Waals surface area contributed by atoms with Crippen molar-refractivity contribution in [3.05, 3.63) is 108 Å². The van der Waals surface area contributed by atoms with E-state index in [0.29, 0.717) is 25.9 Å². The van der Waals surface area contributed by atoms with E-state index in [1.165, 1.54) is 0 Å². The molecule has 1 atom stereocenters. The van der Waals surface area contributed by atoms with Gasteiger partial charge in [0, 0.05) is 19.5 Å². The Morgan fingerprint density at radius 3 is 1.90 bits per heavy atom. The van der Waals surface area contributed by atoms with Gasteiger partial charge in [-0.05, 0) is 30.0 Å². The molecule has 1 N–H and O–H groups in total. The highest BCUT2D eigenvalue weighted by Gasteiger charge is 2.30. The first-order valence-corrected chi connectivity index (χ1v) is 10.4. The third kappa shape index (κ3) is 5.80. The monoisotopic (exact) mass is 400 g/mol. The third-order valence-corrected chi connectivity index (χ3v) is 5.01. The summed E-state index contributed by atoms with van der Waals surface area (Å²) in [7, 11) is 0. The van der Waals surface area contributed by atoms with Crippen LogP contribution in [0.2, 0.25) is 0 Å². The molecule has 30 heavy (non-hydrogen) atoms. The number of aryl methyl sites for hydroxylation is 1. The number of hydrogen-bond donors (Lipinski definition) is 1. The highest BCUT2D eigenvalue weighted by Crippen LogP contribution is 2.25. The van der Waals surface area contributed by atoms with Gasteiger partial charge in [0.1, 0.15) is 6.04 Å². The topological polar surface area (TPSA) is 49.4 Å². The molecule has 3 aromatic carbocycles. The summed E-state index contributed by atoms with van der Waals surface area (Å²) < 4.78 is 0. The first-order chi connectivity index (χ1) is 14.7. The van der Waals surface area contributed by atoms with E-state index >= 15 is 0 Å². The van der Waals surface area contributed by atoms with Crippen molar-refractivity contribution in [2.75, 3.05) is 6.54 Å². The fourth-order valence-electron chi connectivity index (χ4n) is 3.52. The summed E-state index contributed by atoms with van der Waals surface area (Å²) in [5.41, 5.74) is 2.92. The molecule has 3 aromatic rings. The van der Waals surface area contributed by atoms with E-state index in [2.05, 4.69) is 5.32 Å². The predicted octanol–water partition coefficient (Wildman–Crippen LogP) is 4.53. The van der Waals surface area contributed by atoms with Gasteiger partial charge in [0.25, 0.3) is 0 Å². The molecule has 0 unspecified atom stereocenters. The van der Waals surface area contributed by atoms with Crippen LogP contribution in [0.25, 0.3) is 0 Å². The lowest BCUT2D eigenvalue weighted by molar-refractivity contribution is -0.141. The minimum Gasteiger partial charge on any atom is -0.354 e. The third-order valence-electron chi connectivity index (χ3n) is 5.01. The van der Waals surface area contributed by atoms with Crippen LogP contribution in [-0.2, 0) is 22.6 Å². The maximum Gasteiger partial charge on any atom is 0.247 e. The minimum atomic E-state index is -0.672.